The van der Waals surface area contributed by atoms with Crippen molar-refractivity contribution in [2.45, 2.75) is 19.6 Å². The van der Waals surface area contributed by atoms with Crippen LogP contribution in [0, 0.1) is 0 Å². The van der Waals surface area contributed by atoms with Crippen molar-refractivity contribution in [3.8, 4) is 5.75 Å². The summed E-state index contributed by atoms with van der Waals surface area (Å²) >= 11 is 1.56. The minimum absolute atomic E-state index is 0.577. The second-order valence-electron chi connectivity index (χ2n) is 5.58. The number of hydrogen-bond acceptors (Lipinski definition) is 3. The molecule has 1 aromatic carbocycles. The van der Waals surface area contributed by atoms with Gasteiger partial charge in [0.1, 0.15) is 10.8 Å². The molecule has 0 N–H and O–H groups in total. The monoisotopic (exact) mass is 321 g/mol. The largest absolute Gasteiger partial charge is 0.497 e. The topological polar surface area (TPSA) is 75.1 Å². The average molecular weight is 321 g/mol. The molecular weight excluding hydrogens is 302 g/mol. The van der Waals surface area contributed by atoms with E-state index in [0.29, 0.717) is 5.04 Å². The van der Waals surface area contributed by atoms with Gasteiger partial charge in [-0.25, -0.2) is 0 Å². The molecule has 7 heteroatoms. The molecule has 5 nitrogen and oxygen atoms in total. The lowest BCUT2D eigenvalue weighted by Crippen LogP contribution is -2.25. The third-order valence-corrected chi connectivity index (χ3v) is 7.00. The molecule has 0 heterocycles. The van der Waals surface area contributed by atoms with Crippen molar-refractivity contribution in [3.05, 3.63) is 35.4 Å². The van der Waals surface area contributed by atoms with Crippen molar-refractivity contribution in [2.24, 2.45) is 4.99 Å². The van der Waals surface area contributed by atoms with E-state index in [2.05, 4.69) is 29.4 Å². The minimum atomic E-state index is -1.28. The van der Waals surface area contributed by atoms with Crippen molar-refractivity contribution in [1.82, 2.24) is 0 Å². The molecule has 112 valence electrons. The van der Waals surface area contributed by atoms with Crippen LogP contribution in [0.4, 0.5) is 0 Å². The Morgan fingerprint density at radius 3 is 2.48 bits per heavy atom. The summed E-state index contributed by atoms with van der Waals surface area (Å²) in [5.41, 5.74) is 9.26. The van der Waals surface area contributed by atoms with E-state index in [9.17, 15) is 4.79 Å². The molecule has 1 amide bonds. The van der Waals surface area contributed by atoms with Crippen LogP contribution in [0.15, 0.2) is 29.3 Å². The van der Waals surface area contributed by atoms with Gasteiger partial charge >= 0.3 is 12.1 Å². The number of hydrogen-bond donors (Lipinski definition) is 0. The van der Waals surface area contributed by atoms with Gasteiger partial charge in [0.2, 0.25) is 0 Å². The Kier molecular flexibility index (Phi) is 6.55. The molecular formula is C14H19N3O2SSi. The van der Waals surface area contributed by atoms with Gasteiger partial charge in [-0.1, -0.05) is 19.6 Å². The lowest BCUT2D eigenvalue weighted by molar-refractivity contribution is -0.114. The smallest absolute Gasteiger partial charge is 0.352 e. The van der Waals surface area contributed by atoms with E-state index in [1.54, 1.807) is 18.9 Å². The summed E-state index contributed by atoms with van der Waals surface area (Å²) in [6, 6.07) is 7.37. The molecule has 0 aliphatic rings. The zero-order chi connectivity index (χ0) is 15.9. The first kappa shape index (κ1) is 17.4. The summed E-state index contributed by atoms with van der Waals surface area (Å²) in [5, 5.41) is 1.58. The van der Waals surface area contributed by atoms with Crippen molar-refractivity contribution >= 4 is 37.0 Å². The highest BCUT2D eigenvalue weighted by atomic mass is 32.2. The number of benzene rings is 1. The molecule has 1 aromatic rings. The molecule has 0 fully saturated rings. The van der Waals surface area contributed by atoms with Gasteiger partial charge in [-0.2, -0.15) is 9.78 Å². The van der Waals surface area contributed by atoms with E-state index in [1.807, 2.05) is 24.3 Å². The fourth-order valence-corrected chi connectivity index (χ4v) is 4.11. The zero-order valence-electron chi connectivity index (χ0n) is 12.7. The molecule has 1 rings (SSSR count). The first-order valence-electron chi connectivity index (χ1n) is 6.43. The molecule has 0 unspecified atom stereocenters. The van der Waals surface area contributed by atoms with Gasteiger partial charge in [0.05, 0.1) is 15.2 Å². The molecule has 0 atom stereocenters. The highest BCUT2D eigenvalue weighted by Crippen LogP contribution is 2.21. The molecule has 0 aromatic heterocycles. The fraction of sp³-hybridized carbons (Fsp3) is 0.357. The quantitative estimate of drug-likeness (QED) is 0.275. The van der Waals surface area contributed by atoms with Crippen LogP contribution in [-0.4, -0.2) is 42.5 Å². The van der Waals surface area contributed by atoms with E-state index in [-0.39, 0.29) is 0 Å². The SMILES string of the molecule is COc1ccc(C(=NC(=O)C=[N+]=[N-])SC[Si](C)(C)C)cc1. The summed E-state index contributed by atoms with van der Waals surface area (Å²) in [7, 11) is 0.325. The van der Waals surface area contributed by atoms with Gasteiger partial charge in [-0.05, 0) is 29.6 Å². The second kappa shape index (κ2) is 7.92. The van der Waals surface area contributed by atoms with Gasteiger partial charge in [0, 0.05) is 5.56 Å². The minimum Gasteiger partial charge on any atom is -0.497 e. The zero-order valence-corrected chi connectivity index (χ0v) is 14.5. The number of amides is 1. The van der Waals surface area contributed by atoms with Crippen LogP contribution in [0.2, 0.25) is 19.6 Å². The number of thioether (sulfide) groups is 1. The number of carbonyl (C=O) groups excluding carboxylic acids is 1. The predicted octanol–water partition coefficient (Wildman–Crippen LogP) is 2.88. The van der Waals surface area contributed by atoms with E-state index in [0.717, 1.165) is 22.9 Å². The molecule has 0 saturated carbocycles. The average Bonchev–Trinajstić information content (AvgIpc) is 2.43. The van der Waals surface area contributed by atoms with E-state index >= 15 is 0 Å². The van der Waals surface area contributed by atoms with Crippen LogP contribution in [0.1, 0.15) is 5.56 Å². The summed E-state index contributed by atoms with van der Waals surface area (Å²) < 4.78 is 5.12. The fourth-order valence-electron chi connectivity index (χ4n) is 1.38. The Morgan fingerprint density at radius 2 is 2.00 bits per heavy atom. The van der Waals surface area contributed by atoms with Crippen molar-refractivity contribution < 1.29 is 14.3 Å². The lowest BCUT2D eigenvalue weighted by Gasteiger charge is -2.15. The van der Waals surface area contributed by atoms with Crippen molar-refractivity contribution in [1.29, 1.82) is 0 Å². The number of methoxy groups -OCH3 is 1. The summed E-state index contributed by atoms with van der Waals surface area (Å²) in [4.78, 5) is 18.3. The number of ether oxygens (including phenoxy) is 1. The van der Waals surface area contributed by atoms with Crippen LogP contribution in [-0.2, 0) is 4.79 Å². The lowest BCUT2D eigenvalue weighted by atomic mass is 10.2. The molecule has 0 spiro atoms. The normalized spacial score (nSPS) is 11.7. The second-order valence-corrected chi connectivity index (χ2v) is 12.5. The van der Waals surface area contributed by atoms with Gasteiger partial charge in [0.15, 0.2) is 0 Å². The molecule has 0 saturated heterocycles. The van der Waals surface area contributed by atoms with Crippen LogP contribution in [0.3, 0.4) is 0 Å². The van der Waals surface area contributed by atoms with Crippen LogP contribution >= 0.6 is 11.8 Å². The number of rotatable bonds is 5. The molecule has 0 aliphatic heterocycles. The summed E-state index contributed by atoms with van der Waals surface area (Å²) in [5.74, 6) is 0.169. The predicted molar refractivity (Wildman–Crippen MR) is 90.0 cm³/mol. The Labute approximate surface area is 130 Å². The van der Waals surface area contributed by atoms with E-state index in [4.69, 9.17) is 10.3 Å². The van der Waals surface area contributed by atoms with Crippen LogP contribution in [0.25, 0.3) is 5.53 Å². The molecule has 0 radical (unpaired) electrons. The highest BCUT2D eigenvalue weighted by molar-refractivity contribution is 8.15. The first-order chi connectivity index (χ1) is 9.85. The maximum absolute atomic E-state index is 11.6. The van der Waals surface area contributed by atoms with Crippen LogP contribution in [0.5, 0.6) is 5.75 Å². The van der Waals surface area contributed by atoms with Crippen molar-refractivity contribution in [2.75, 3.05) is 12.5 Å². The van der Waals surface area contributed by atoms with Crippen molar-refractivity contribution in [3.63, 3.8) is 0 Å². The molecule has 0 bridgehead atoms. The first-order valence-corrected chi connectivity index (χ1v) is 11.1. The number of carbonyl (C=O) groups is 1. The maximum Gasteiger partial charge on any atom is 0.352 e. The Bertz CT molecular complexity index is 573. The summed E-state index contributed by atoms with van der Waals surface area (Å²) in [6.45, 7) is 6.76. The summed E-state index contributed by atoms with van der Waals surface area (Å²) in [6.07, 6.45) is 0.790. The Balaban J connectivity index is 3.04. The van der Waals surface area contributed by atoms with Crippen LogP contribution < -0.4 is 4.74 Å². The van der Waals surface area contributed by atoms with E-state index < -0.39 is 14.0 Å². The van der Waals surface area contributed by atoms with Gasteiger partial charge in [0.25, 0.3) is 0 Å². The third-order valence-electron chi connectivity index (χ3n) is 2.36. The maximum atomic E-state index is 11.6. The van der Waals surface area contributed by atoms with E-state index in [1.165, 1.54) is 0 Å². The van der Waals surface area contributed by atoms with Gasteiger partial charge < -0.3 is 10.3 Å². The Morgan fingerprint density at radius 1 is 1.38 bits per heavy atom. The Hall–Kier alpha value is -1.69. The standard InChI is InChI=1S/C14H19N3O2SSi/c1-19-12-7-5-11(6-8-12)14(17-13(18)9-16-15)20-10-21(2,3)4/h5-9H,10H2,1-4H3. The third kappa shape index (κ3) is 6.53. The number of nitrogens with zero attached hydrogens (tertiary/aromatic N) is 3. The molecule has 0 aliphatic carbocycles. The van der Waals surface area contributed by atoms with Gasteiger partial charge in [-0.3, -0.25) is 4.79 Å². The highest BCUT2D eigenvalue weighted by Gasteiger charge is 2.17. The van der Waals surface area contributed by atoms with Gasteiger partial charge in [-0.15, -0.1) is 11.8 Å². The number of aliphatic imine (C=N–C) groups is 1. The molecule has 21 heavy (non-hydrogen) atoms.